The number of methoxy groups -OCH3 is 2. The Labute approximate surface area is 321 Å². The van der Waals surface area contributed by atoms with Gasteiger partial charge >= 0.3 is 6.18 Å². The molecule has 3 saturated heterocycles. The fourth-order valence-corrected chi connectivity index (χ4v) is 8.66. The molecule has 11 nitrogen and oxygen atoms in total. The van der Waals surface area contributed by atoms with E-state index in [9.17, 15) is 18.0 Å². The molecule has 15 heteroatoms. The van der Waals surface area contributed by atoms with E-state index in [2.05, 4.69) is 25.5 Å². The number of nitrogens with one attached hydrogen (secondary N) is 2. The molecule has 4 aliphatic rings. The molecular formula is C40H42ClF3N6O5. The van der Waals surface area contributed by atoms with Crippen LogP contribution in [0, 0.1) is 5.41 Å². The number of alkyl halides is 3. The van der Waals surface area contributed by atoms with Gasteiger partial charge in [-0.1, -0.05) is 35.9 Å². The van der Waals surface area contributed by atoms with Gasteiger partial charge in [-0.05, 0) is 55.0 Å². The average Bonchev–Trinajstić information content (AvgIpc) is 3.77. The number of benzene rings is 1. The van der Waals surface area contributed by atoms with E-state index in [-0.39, 0.29) is 29.8 Å². The zero-order valence-electron chi connectivity index (χ0n) is 30.6. The van der Waals surface area contributed by atoms with Crippen LogP contribution >= 0.6 is 11.6 Å². The van der Waals surface area contributed by atoms with Crippen molar-refractivity contribution in [1.82, 2.24) is 30.5 Å². The highest BCUT2D eigenvalue weighted by Gasteiger charge is 2.48. The van der Waals surface area contributed by atoms with Gasteiger partial charge in [-0.25, -0.2) is 4.98 Å². The zero-order valence-corrected chi connectivity index (χ0v) is 31.4. The number of halogens is 4. The summed E-state index contributed by atoms with van der Waals surface area (Å²) in [6, 6.07) is 12.5. The van der Waals surface area contributed by atoms with Crippen LogP contribution in [0.5, 0.6) is 17.6 Å². The molecule has 4 aromatic rings. The topological polar surface area (TPSA) is 120 Å². The first-order valence-electron chi connectivity index (χ1n) is 18.5. The molecule has 1 aromatic carbocycles. The van der Waals surface area contributed by atoms with Crippen molar-refractivity contribution in [2.24, 2.45) is 5.41 Å². The summed E-state index contributed by atoms with van der Waals surface area (Å²) in [7, 11) is 2.97. The van der Waals surface area contributed by atoms with Gasteiger partial charge in [0.1, 0.15) is 11.7 Å². The lowest BCUT2D eigenvalue weighted by Gasteiger charge is -2.47. The molecule has 6 heterocycles. The van der Waals surface area contributed by atoms with E-state index in [4.69, 9.17) is 35.5 Å². The van der Waals surface area contributed by atoms with Gasteiger partial charge in [0.05, 0.1) is 30.6 Å². The van der Waals surface area contributed by atoms with Gasteiger partial charge in [0.2, 0.25) is 23.5 Å². The number of amides is 1. The quantitative estimate of drug-likeness (QED) is 0.174. The highest BCUT2D eigenvalue weighted by Crippen LogP contribution is 2.46. The third-order valence-electron chi connectivity index (χ3n) is 11.1. The lowest BCUT2D eigenvalue weighted by atomic mass is 9.79. The summed E-state index contributed by atoms with van der Waals surface area (Å²) in [6.07, 6.45) is -0.637. The second kappa shape index (κ2) is 15.2. The van der Waals surface area contributed by atoms with Crippen LogP contribution in [0.1, 0.15) is 59.6 Å². The highest BCUT2D eigenvalue weighted by atomic mass is 35.5. The van der Waals surface area contributed by atoms with Crippen molar-refractivity contribution in [1.29, 1.82) is 0 Å². The molecule has 3 fully saturated rings. The summed E-state index contributed by atoms with van der Waals surface area (Å²) >= 11 is 7.10. The molecule has 1 atom stereocenters. The first-order chi connectivity index (χ1) is 26.5. The van der Waals surface area contributed by atoms with Crippen LogP contribution in [0.25, 0.3) is 22.5 Å². The van der Waals surface area contributed by atoms with Gasteiger partial charge in [-0.2, -0.15) is 18.2 Å². The third-order valence-corrected chi connectivity index (χ3v) is 11.4. The predicted molar refractivity (Wildman–Crippen MR) is 198 cm³/mol. The summed E-state index contributed by atoms with van der Waals surface area (Å²) in [4.78, 5) is 27.8. The van der Waals surface area contributed by atoms with E-state index < -0.39 is 23.7 Å². The SMILES string of the molecule is COc1nc(-c2ccnc(-c3cccc4c3CC[C@H]4Oc3nc(OC)c(CNC4CCOCC4)cc3C(F)(F)F)c2Cl)ccc1CN1CC2(CNC(=O)C2)C1. The summed E-state index contributed by atoms with van der Waals surface area (Å²) in [5.41, 5.74) is 4.50. The van der Waals surface area contributed by atoms with E-state index in [0.29, 0.717) is 79.0 Å². The average molecular weight is 779 g/mol. The maximum Gasteiger partial charge on any atom is 0.421 e. The smallest absolute Gasteiger partial charge is 0.421 e. The predicted octanol–water partition coefficient (Wildman–Crippen LogP) is 6.55. The van der Waals surface area contributed by atoms with Gasteiger partial charge in [-0.15, -0.1) is 0 Å². The van der Waals surface area contributed by atoms with Crippen molar-refractivity contribution < 1.29 is 36.9 Å². The number of rotatable bonds is 11. The van der Waals surface area contributed by atoms with Crippen molar-refractivity contribution in [3.05, 3.63) is 81.5 Å². The molecule has 1 aliphatic carbocycles. The van der Waals surface area contributed by atoms with Crippen molar-refractivity contribution in [2.75, 3.05) is 47.1 Å². The second-order valence-corrected chi connectivity index (χ2v) is 15.2. The molecule has 0 unspecified atom stereocenters. The summed E-state index contributed by atoms with van der Waals surface area (Å²) in [5.74, 6) is 0.150. The normalized spacial score (nSPS) is 19.6. The van der Waals surface area contributed by atoms with Gasteiger partial charge in [0.15, 0.2) is 0 Å². The Kier molecular flexibility index (Phi) is 10.3. The van der Waals surface area contributed by atoms with E-state index in [0.717, 1.165) is 54.3 Å². The first kappa shape index (κ1) is 37.4. The number of likely N-dealkylation sites (tertiary alicyclic amines) is 1. The highest BCUT2D eigenvalue weighted by molar-refractivity contribution is 6.35. The number of pyridine rings is 3. The maximum absolute atomic E-state index is 14.5. The van der Waals surface area contributed by atoms with Crippen molar-refractivity contribution in [3.63, 3.8) is 0 Å². The van der Waals surface area contributed by atoms with E-state index in [1.807, 2.05) is 30.3 Å². The molecule has 290 valence electrons. The molecule has 0 bridgehead atoms. The second-order valence-electron chi connectivity index (χ2n) is 14.8. The van der Waals surface area contributed by atoms with E-state index in [1.165, 1.54) is 7.11 Å². The first-order valence-corrected chi connectivity index (χ1v) is 18.8. The molecule has 0 saturated carbocycles. The summed E-state index contributed by atoms with van der Waals surface area (Å²) in [5, 5.41) is 6.65. The molecular weight excluding hydrogens is 737 g/mol. The van der Waals surface area contributed by atoms with Gasteiger partial charge < -0.3 is 29.6 Å². The minimum atomic E-state index is -4.70. The summed E-state index contributed by atoms with van der Waals surface area (Å²) < 4.78 is 66.2. The maximum atomic E-state index is 14.5. The minimum Gasteiger partial charge on any atom is -0.481 e. The molecule has 3 aliphatic heterocycles. The lowest BCUT2D eigenvalue weighted by Crippen LogP contribution is -2.56. The van der Waals surface area contributed by atoms with Crippen LogP contribution in [-0.4, -0.2) is 78.9 Å². The Bertz CT molecular complexity index is 2090. The van der Waals surface area contributed by atoms with Crippen LogP contribution in [0.4, 0.5) is 13.2 Å². The monoisotopic (exact) mass is 778 g/mol. The van der Waals surface area contributed by atoms with Crippen LogP contribution in [0.3, 0.4) is 0 Å². The van der Waals surface area contributed by atoms with Crippen molar-refractivity contribution in [3.8, 4) is 40.2 Å². The van der Waals surface area contributed by atoms with Gasteiger partial charge in [0, 0.05) is 92.3 Å². The molecule has 1 amide bonds. The summed E-state index contributed by atoms with van der Waals surface area (Å²) in [6.45, 7) is 4.41. The number of fused-ring (bicyclic) bond motifs is 1. The number of carbonyl (C=O) groups excluding carboxylic acids is 1. The fourth-order valence-electron chi connectivity index (χ4n) is 8.35. The van der Waals surface area contributed by atoms with E-state index >= 15 is 0 Å². The number of hydrogen-bond acceptors (Lipinski definition) is 10. The standard InChI is InChI=1S/C40H42ClF3N6O5/c1-52-36-23(19-50-21-39(22-50)17-33(51)47-20-39)6-8-31(48-36)29-10-13-45-35(34(29)41)28-5-3-4-27-26(28)7-9-32(27)55-38-30(40(42,43)44)16-24(37(49-38)53-2)18-46-25-11-14-54-15-12-25/h3-6,8,10,13,16,25,32,46H,7,9,11-12,14-15,17-22H2,1-2H3,(H,47,51)/t32-/m1/s1. The molecule has 3 aromatic heterocycles. The van der Waals surface area contributed by atoms with E-state index in [1.54, 1.807) is 19.4 Å². The van der Waals surface area contributed by atoms with Crippen LogP contribution < -0.4 is 24.8 Å². The Hall–Kier alpha value is -4.50. The number of ether oxygens (including phenoxy) is 4. The number of carbonyl (C=O) groups is 1. The zero-order chi connectivity index (χ0) is 38.3. The Morgan fingerprint density at radius 2 is 1.78 bits per heavy atom. The molecule has 0 radical (unpaired) electrons. The molecule has 55 heavy (non-hydrogen) atoms. The minimum absolute atomic E-state index is 0.0207. The Balaban J connectivity index is 1.03. The Morgan fingerprint density at radius 1 is 1.00 bits per heavy atom. The Morgan fingerprint density at radius 3 is 2.51 bits per heavy atom. The number of nitrogens with zero attached hydrogens (tertiary/aromatic N) is 4. The number of aromatic nitrogens is 3. The molecule has 2 N–H and O–H groups in total. The van der Waals surface area contributed by atoms with Crippen LogP contribution in [-0.2, 0) is 35.2 Å². The molecule has 1 spiro atoms. The third kappa shape index (κ3) is 7.57. The largest absolute Gasteiger partial charge is 0.481 e. The molecule has 8 rings (SSSR count). The lowest BCUT2D eigenvalue weighted by molar-refractivity contribution is -0.139. The fraction of sp³-hybridized carbons (Fsp3) is 0.450. The van der Waals surface area contributed by atoms with Crippen molar-refractivity contribution in [2.45, 2.75) is 63.5 Å². The number of hydrogen-bond donors (Lipinski definition) is 2. The van der Waals surface area contributed by atoms with Gasteiger partial charge in [0.25, 0.3) is 0 Å². The van der Waals surface area contributed by atoms with Crippen LogP contribution in [0.2, 0.25) is 5.02 Å². The van der Waals surface area contributed by atoms with Crippen molar-refractivity contribution >= 4 is 17.5 Å². The van der Waals surface area contributed by atoms with Crippen LogP contribution in [0.15, 0.2) is 48.7 Å². The van der Waals surface area contributed by atoms with Gasteiger partial charge in [-0.3, -0.25) is 14.7 Å².